The van der Waals surface area contributed by atoms with Crippen LogP contribution in [0.1, 0.15) is 40.0 Å². The number of nitrogens with zero attached hydrogens (tertiary/aromatic N) is 1. The molecule has 3 rings (SSSR count). The molecule has 2 bridgehead atoms. The van der Waals surface area contributed by atoms with Gasteiger partial charge in [-0.1, -0.05) is 39.0 Å². The highest BCUT2D eigenvalue weighted by molar-refractivity contribution is 5.78. The first-order valence-electron chi connectivity index (χ1n) is 7.84. The van der Waals surface area contributed by atoms with Crippen LogP contribution >= 0.6 is 0 Å². The molecule has 0 N–H and O–H groups in total. The van der Waals surface area contributed by atoms with Gasteiger partial charge in [-0.15, -0.1) is 0 Å². The van der Waals surface area contributed by atoms with E-state index in [0.717, 1.165) is 25.1 Å². The molecule has 3 nitrogen and oxygen atoms in total. The molecule has 1 aliphatic heterocycles. The Bertz CT molecular complexity index is 525. The number of amides is 1. The lowest BCUT2D eigenvalue weighted by Crippen LogP contribution is -2.40. The Hall–Kier alpha value is -1.51. The van der Waals surface area contributed by atoms with Crippen LogP contribution in [0.15, 0.2) is 30.3 Å². The van der Waals surface area contributed by atoms with Crippen molar-refractivity contribution in [2.45, 2.75) is 46.1 Å². The van der Waals surface area contributed by atoms with Crippen LogP contribution in [0.25, 0.3) is 0 Å². The molecular formula is C18H25NO2. The zero-order valence-electron chi connectivity index (χ0n) is 13.3. The summed E-state index contributed by atoms with van der Waals surface area (Å²) in [5.74, 6) is 0.893. The Labute approximate surface area is 127 Å². The van der Waals surface area contributed by atoms with E-state index >= 15 is 0 Å². The number of fused-ring (bicyclic) bond motifs is 2. The van der Waals surface area contributed by atoms with E-state index in [-0.39, 0.29) is 17.9 Å². The maximum atomic E-state index is 12.5. The number of benzene rings is 1. The second-order valence-corrected chi connectivity index (χ2v) is 7.84. The van der Waals surface area contributed by atoms with E-state index in [1.54, 1.807) is 0 Å². The average Bonchev–Trinajstić information content (AvgIpc) is 2.66. The molecule has 3 heteroatoms. The minimum absolute atomic E-state index is 0.130. The highest BCUT2D eigenvalue weighted by atomic mass is 16.5. The highest BCUT2D eigenvalue weighted by Crippen LogP contribution is 2.52. The quantitative estimate of drug-likeness (QED) is 0.851. The molecule has 0 aromatic heterocycles. The summed E-state index contributed by atoms with van der Waals surface area (Å²) in [6.45, 7) is 8.01. The van der Waals surface area contributed by atoms with Gasteiger partial charge in [0.15, 0.2) is 6.61 Å². The van der Waals surface area contributed by atoms with E-state index in [1.165, 1.54) is 6.42 Å². The van der Waals surface area contributed by atoms with Crippen LogP contribution in [-0.4, -0.2) is 30.0 Å². The van der Waals surface area contributed by atoms with Crippen LogP contribution in [-0.2, 0) is 4.79 Å². The fourth-order valence-electron chi connectivity index (χ4n) is 4.50. The molecule has 1 saturated heterocycles. The first-order chi connectivity index (χ1) is 9.87. The Morgan fingerprint density at radius 1 is 1.24 bits per heavy atom. The fraction of sp³-hybridized carbons (Fsp3) is 0.611. The summed E-state index contributed by atoms with van der Waals surface area (Å²) in [7, 11) is 0. The number of hydrogen-bond donors (Lipinski definition) is 0. The molecule has 1 aromatic rings. The summed E-state index contributed by atoms with van der Waals surface area (Å²) in [5.41, 5.74) is 0.627. The van der Waals surface area contributed by atoms with Gasteiger partial charge in [-0.3, -0.25) is 4.79 Å². The van der Waals surface area contributed by atoms with Crippen molar-refractivity contribution in [1.82, 2.24) is 4.90 Å². The highest BCUT2D eigenvalue weighted by Gasteiger charge is 2.50. The van der Waals surface area contributed by atoms with Crippen LogP contribution in [0.3, 0.4) is 0 Å². The number of rotatable bonds is 3. The molecule has 0 radical (unpaired) electrons. The van der Waals surface area contributed by atoms with Crippen molar-refractivity contribution in [2.75, 3.05) is 13.2 Å². The van der Waals surface area contributed by atoms with Crippen molar-refractivity contribution in [2.24, 2.45) is 10.8 Å². The van der Waals surface area contributed by atoms with E-state index in [9.17, 15) is 4.79 Å². The summed E-state index contributed by atoms with van der Waals surface area (Å²) < 4.78 is 5.62. The Balaban J connectivity index is 1.64. The predicted octanol–water partition coefficient (Wildman–Crippen LogP) is 3.49. The fourth-order valence-corrected chi connectivity index (χ4v) is 4.50. The second-order valence-electron chi connectivity index (χ2n) is 7.84. The Morgan fingerprint density at radius 2 is 1.95 bits per heavy atom. The number of para-hydroxylation sites is 1. The SMILES string of the molecule is CC1(C)CC2CC(C)(CN2C(=O)COc2ccccc2)C1. The first-order valence-corrected chi connectivity index (χ1v) is 7.84. The Morgan fingerprint density at radius 3 is 2.67 bits per heavy atom. The van der Waals surface area contributed by atoms with Gasteiger partial charge in [-0.25, -0.2) is 0 Å². The smallest absolute Gasteiger partial charge is 0.260 e. The van der Waals surface area contributed by atoms with E-state index in [2.05, 4.69) is 25.7 Å². The van der Waals surface area contributed by atoms with Crippen LogP contribution in [0.2, 0.25) is 0 Å². The van der Waals surface area contributed by atoms with Gasteiger partial charge in [-0.05, 0) is 42.2 Å². The lowest BCUT2D eigenvalue weighted by molar-refractivity contribution is -0.134. The van der Waals surface area contributed by atoms with Gasteiger partial charge >= 0.3 is 0 Å². The van der Waals surface area contributed by atoms with Crippen LogP contribution in [0, 0.1) is 10.8 Å². The second kappa shape index (κ2) is 5.04. The minimum Gasteiger partial charge on any atom is -0.484 e. The molecule has 2 unspecified atom stereocenters. The van der Waals surface area contributed by atoms with Crippen LogP contribution in [0.4, 0.5) is 0 Å². The van der Waals surface area contributed by atoms with Gasteiger partial charge in [0, 0.05) is 12.6 Å². The van der Waals surface area contributed by atoms with Gasteiger partial charge in [0.25, 0.3) is 5.91 Å². The number of carbonyl (C=O) groups is 1. The van der Waals surface area contributed by atoms with Gasteiger partial charge in [0.2, 0.25) is 0 Å². The summed E-state index contributed by atoms with van der Waals surface area (Å²) >= 11 is 0. The van der Waals surface area contributed by atoms with Crippen LogP contribution in [0.5, 0.6) is 5.75 Å². The zero-order chi connectivity index (χ0) is 15.1. The molecule has 2 aliphatic rings. The van der Waals surface area contributed by atoms with E-state index < -0.39 is 0 Å². The largest absolute Gasteiger partial charge is 0.484 e. The molecule has 1 amide bonds. The molecule has 1 aliphatic carbocycles. The molecular weight excluding hydrogens is 262 g/mol. The third kappa shape index (κ3) is 3.07. The number of ether oxygens (including phenoxy) is 1. The van der Waals surface area contributed by atoms with Gasteiger partial charge in [0.05, 0.1) is 0 Å². The lowest BCUT2D eigenvalue weighted by atomic mass is 9.65. The predicted molar refractivity (Wildman–Crippen MR) is 83.2 cm³/mol. The van der Waals surface area contributed by atoms with Crippen molar-refractivity contribution in [3.8, 4) is 5.75 Å². The number of likely N-dealkylation sites (tertiary alicyclic amines) is 1. The summed E-state index contributed by atoms with van der Waals surface area (Å²) in [6, 6.07) is 9.96. The van der Waals surface area contributed by atoms with Gasteiger partial charge in [-0.2, -0.15) is 0 Å². The molecule has 2 atom stereocenters. The number of carbonyl (C=O) groups excluding carboxylic acids is 1. The summed E-state index contributed by atoms with van der Waals surface area (Å²) in [5, 5.41) is 0. The van der Waals surface area contributed by atoms with Gasteiger partial charge < -0.3 is 9.64 Å². The molecule has 1 saturated carbocycles. The molecule has 1 heterocycles. The van der Waals surface area contributed by atoms with Crippen molar-refractivity contribution < 1.29 is 9.53 Å². The molecule has 114 valence electrons. The number of hydrogen-bond acceptors (Lipinski definition) is 2. The lowest BCUT2D eigenvalue weighted by Gasteiger charge is -2.39. The normalized spacial score (nSPS) is 30.2. The molecule has 2 fully saturated rings. The van der Waals surface area contributed by atoms with Crippen molar-refractivity contribution >= 4 is 5.91 Å². The Kier molecular flexibility index (Phi) is 3.46. The van der Waals surface area contributed by atoms with Gasteiger partial charge in [0.1, 0.15) is 5.75 Å². The molecule has 1 aromatic carbocycles. The third-order valence-electron chi connectivity index (χ3n) is 4.84. The molecule has 0 spiro atoms. The van der Waals surface area contributed by atoms with E-state index in [1.807, 2.05) is 30.3 Å². The van der Waals surface area contributed by atoms with Crippen molar-refractivity contribution in [1.29, 1.82) is 0 Å². The third-order valence-corrected chi connectivity index (χ3v) is 4.84. The monoisotopic (exact) mass is 287 g/mol. The minimum atomic E-state index is 0.130. The van der Waals surface area contributed by atoms with Crippen molar-refractivity contribution in [3.63, 3.8) is 0 Å². The standard InChI is InChI=1S/C18H25NO2/c1-17(2)9-14-10-18(3,12-17)13-19(14)16(20)11-21-15-7-5-4-6-8-15/h4-8,14H,9-13H2,1-3H3. The topological polar surface area (TPSA) is 29.5 Å². The maximum Gasteiger partial charge on any atom is 0.260 e. The average molecular weight is 287 g/mol. The summed E-state index contributed by atoms with van der Waals surface area (Å²) in [4.78, 5) is 14.6. The van der Waals surface area contributed by atoms with E-state index in [0.29, 0.717) is 11.5 Å². The molecule has 21 heavy (non-hydrogen) atoms. The first kappa shape index (κ1) is 14.4. The van der Waals surface area contributed by atoms with Crippen LogP contribution < -0.4 is 4.74 Å². The van der Waals surface area contributed by atoms with Crippen molar-refractivity contribution in [3.05, 3.63) is 30.3 Å². The zero-order valence-corrected chi connectivity index (χ0v) is 13.3. The summed E-state index contributed by atoms with van der Waals surface area (Å²) in [6.07, 6.45) is 3.47. The van der Waals surface area contributed by atoms with E-state index in [4.69, 9.17) is 4.74 Å². The maximum absolute atomic E-state index is 12.5.